The highest BCUT2D eigenvalue weighted by Crippen LogP contribution is 2.21. The summed E-state index contributed by atoms with van der Waals surface area (Å²) >= 11 is 0. The Morgan fingerprint density at radius 3 is 2.00 bits per heavy atom. The third kappa shape index (κ3) is 3.65. The topological polar surface area (TPSA) is 61.3 Å². The van der Waals surface area contributed by atoms with Crippen LogP contribution in [0, 0.1) is 6.92 Å². The maximum Gasteiger partial charge on any atom is 0.227 e. The van der Waals surface area contributed by atoms with Crippen molar-refractivity contribution in [3.8, 4) is 0 Å². The highest BCUT2D eigenvalue weighted by molar-refractivity contribution is 5.46. The second kappa shape index (κ2) is 7.21. The van der Waals surface area contributed by atoms with Crippen LogP contribution in [0.15, 0.2) is 24.5 Å². The quantitative estimate of drug-likeness (QED) is 0.846. The molecule has 0 bridgehead atoms. The zero-order chi connectivity index (χ0) is 17.1. The van der Waals surface area contributed by atoms with Gasteiger partial charge in [0.15, 0.2) is 0 Å². The van der Waals surface area contributed by atoms with Crippen LogP contribution < -0.4 is 14.7 Å². The average Bonchev–Trinajstić information content (AvgIpc) is 2.69. The van der Waals surface area contributed by atoms with E-state index < -0.39 is 0 Å². The van der Waals surface area contributed by atoms with Crippen LogP contribution in [0.4, 0.5) is 17.6 Å². The van der Waals surface area contributed by atoms with Crippen molar-refractivity contribution in [2.45, 2.75) is 26.2 Å². The smallest absolute Gasteiger partial charge is 0.227 e. The molecule has 2 aromatic heterocycles. The van der Waals surface area contributed by atoms with Crippen LogP contribution in [0.2, 0.25) is 0 Å². The molecule has 2 aromatic rings. The van der Waals surface area contributed by atoms with E-state index >= 15 is 0 Å². The van der Waals surface area contributed by atoms with Crippen LogP contribution in [0.1, 0.15) is 25.1 Å². The summed E-state index contributed by atoms with van der Waals surface area (Å²) in [4.78, 5) is 25.0. The van der Waals surface area contributed by atoms with Gasteiger partial charge in [0.2, 0.25) is 5.95 Å². The van der Waals surface area contributed by atoms with Crippen molar-refractivity contribution in [1.29, 1.82) is 0 Å². The number of rotatable bonds is 3. The molecule has 0 N–H and O–H groups in total. The number of anilines is 3. The number of piperidine rings is 1. The van der Waals surface area contributed by atoms with E-state index in [1.807, 2.05) is 31.5 Å². The largest absolute Gasteiger partial charge is 0.356 e. The second-order valence-electron chi connectivity index (χ2n) is 6.70. The standard InChI is InChI=1S/C18H25N7/c1-15-19-7-5-16(21-15)24-11-13-25(14-12-24)18-20-8-6-17(22-18)23-9-3-2-4-10-23/h5-8H,2-4,9-14H2,1H3. The summed E-state index contributed by atoms with van der Waals surface area (Å²) in [6.45, 7) is 7.81. The molecule has 7 heteroatoms. The molecule has 0 aliphatic carbocycles. The summed E-state index contributed by atoms with van der Waals surface area (Å²) in [6.07, 6.45) is 7.58. The van der Waals surface area contributed by atoms with Crippen LogP contribution in [0.5, 0.6) is 0 Å². The van der Waals surface area contributed by atoms with Gasteiger partial charge in [0, 0.05) is 51.7 Å². The lowest BCUT2D eigenvalue weighted by atomic mass is 10.1. The van der Waals surface area contributed by atoms with E-state index in [1.165, 1.54) is 19.3 Å². The molecule has 0 atom stereocenters. The fraction of sp³-hybridized carbons (Fsp3) is 0.556. The number of piperazine rings is 1. The highest BCUT2D eigenvalue weighted by Gasteiger charge is 2.21. The maximum atomic E-state index is 4.83. The first-order valence-corrected chi connectivity index (χ1v) is 9.17. The zero-order valence-corrected chi connectivity index (χ0v) is 14.8. The van der Waals surface area contributed by atoms with E-state index in [0.29, 0.717) is 0 Å². The van der Waals surface area contributed by atoms with Crippen LogP contribution >= 0.6 is 0 Å². The van der Waals surface area contributed by atoms with Crippen molar-refractivity contribution < 1.29 is 0 Å². The van der Waals surface area contributed by atoms with Gasteiger partial charge in [-0.3, -0.25) is 0 Å². The van der Waals surface area contributed by atoms with Gasteiger partial charge in [-0.25, -0.2) is 15.0 Å². The summed E-state index contributed by atoms with van der Waals surface area (Å²) in [5.74, 6) is 3.74. The van der Waals surface area contributed by atoms with E-state index in [1.54, 1.807) is 0 Å². The van der Waals surface area contributed by atoms with Crippen molar-refractivity contribution >= 4 is 17.6 Å². The number of aryl methyl sites for hydroxylation is 1. The molecule has 0 aromatic carbocycles. The molecule has 7 nitrogen and oxygen atoms in total. The summed E-state index contributed by atoms with van der Waals surface area (Å²) in [7, 11) is 0. The molecule has 0 spiro atoms. The summed E-state index contributed by atoms with van der Waals surface area (Å²) < 4.78 is 0. The molecule has 4 heterocycles. The van der Waals surface area contributed by atoms with E-state index in [0.717, 1.165) is 62.7 Å². The average molecular weight is 339 g/mol. The van der Waals surface area contributed by atoms with Gasteiger partial charge in [0.05, 0.1) is 0 Å². The van der Waals surface area contributed by atoms with Crippen molar-refractivity contribution in [2.75, 3.05) is 54.0 Å². The normalized spacial score (nSPS) is 18.5. The summed E-state index contributed by atoms with van der Waals surface area (Å²) in [5, 5.41) is 0. The minimum absolute atomic E-state index is 0.817. The van der Waals surface area contributed by atoms with Crippen molar-refractivity contribution in [3.05, 3.63) is 30.4 Å². The molecule has 0 amide bonds. The molecular formula is C18H25N7. The number of nitrogens with zero attached hydrogens (tertiary/aromatic N) is 7. The van der Waals surface area contributed by atoms with E-state index in [-0.39, 0.29) is 0 Å². The summed E-state index contributed by atoms with van der Waals surface area (Å²) in [6, 6.07) is 4.02. The Labute approximate surface area is 148 Å². The first kappa shape index (κ1) is 16.1. The minimum atomic E-state index is 0.817. The fourth-order valence-corrected chi connectivity index (χ4v) is 3.55. The van der Waals surface area contributed by atoms with Crippen molar-refractivity contribution in [3.63, 3.8) is 0 Å². The van der Waals surface area contributed by atoms with Gasteiger partial charge in [0.25, 0.3) is 0 Å². The van der Waals surface area contributed by atoms with Gasteiger partial charge in [-0.05, 0) is 38.3 Å². The van der Waals surface area contributed by atoms with Gasteiger partial charge >= 0.3 is 0 Å². The van der Waals surface area contributed by atoms with Gasteiger partial charge in [0.1, 0.15) is 17.5 Å². The van der Waals surface area contributed by atoms with Crippen LogP contribution in [-0.4, -0.2) is 59.2 Å². The second-order valence-corrected chi connectivity index (χ2v) is 6.70. The van der Waals surface area contributed by atoms with E-state index in [2.05, 4.69) is 29.7 Å². The molecular weight excluding hydrogens is 314 g/mol. The number of hydrogen-bond donors (Lipinski definition) is 0. The maximum absolute atomic E-state index is 4.83. The fourth-order valence-electron chi connectivity index (χ4n) is 3.55. The summed E-state index contributed by atoms with van der Waals surface area (Å²) in [5.41, 5.74) is 0. The lowest BCUT2D eigenvalue weighted by molar-refractivity contribution is 0.571. The SMILES string of the molecule is Cc1nccc(N2CCN(c3nccc(N4CCCCC4)n3)CC2)n1. The lowest BCUT2D eigenvalue weighted by Gasteiger charge is -2.36. The lowest BCUT2D eigenvalue weighted by Crippen LogP contribution is -2.47. The molecule has 2 aliphatic rings. The predicted octanol–water partition coefficient (Wildman–Crippen LogP) is 1.89. The van der Waals surface area contributed by atoms with Gasteiger partial charge in [-0.1, -0.05) is 0 Å². The molecule has 25 heavy (non-hydrogen) atoms. The van der Waals surface area contributed by atoms with E-state index in [9.17, 15) is 0 Å². The third-order valence-electron chi connectivity index (χ3n) is 4.96. The van der Waals surface area contributed by atoms with Gasteiger partial charge in [-0.15, -0.1) is 0 Å². The first-order chi connectivity index (χ1) is 12.3. The Morgan fingerprint density at radius 1 is 0.680 bits per heavy atom. The Morgan fingerprint density at radius 2 is 1.28 bits per heavy atom. The van der Waals surface area contributed by atoms with E-state index in [4.69, 9.17) is 4.98 Å². The monoisotopic (exact) mass is 339 g/mol. The van der Waals surface area contributed by atoms with Crippen LogP contribution in [-0.2, 0) is 0 Å². The molecule has 2 aliphatic heterocycles. The van der Waals surface area contributed by atoms with Crippen molar-refractivity contribution in [1.82, 2.24) is 19.9 Å². The highest BCUT2D eigenvalue weighted by atomic mass is 15.3. The Balaban J connectivity index is 1.42. The van der Waals surface area contributed by atoms with Crippen LogP contribution in [0.3, 0.4) is 0 Å². The van der Waals surface area contributed by atoms with Crippen molar-refractivity contribution in [2.24, 2.45) is 0 Å². The number of aromatic nitrogens is 4. The third-order valence-corrected chi connectivity index (χ3v) is 4.96. The number of hydrogen-bond acceptors (Lipinski definition) is 7. The van der Waals surface area contributed by atoms with Gasteiger partial charge < -0.3 is 14.7 Å². The Bertz CT molecular complexity index is 706. The molecule has 2 fully saturated rings. The zero-order valence-electron chi connectivity index (χ0n) is 14.8. The van der Waals surface area contributed by atoms with Crippen LogP contribution in [0.25, 0.3) is 0 Å². The molecule has 132 valence electrons. The first-order valence-electron chi connectivity index (χ1n) is 9.17. The Hall–Kier alpha value is -2.44. The van der Waals surface area contributed by atoms with Gasteiger partial charge in [-0.2, -0.15) is 4.98 Å². The molecule has 4 rings (SSSR count). The predicted molar refractivity (Wildman–Crippen MR) is 99.3 cm³/mol. The molecule has 0 saturated carbocycles. The Kier molecular flexibility index (Phi) is 4.63. The molecule has 0 radical (unpaired) electrons. The molecule has 2 saturated heterocycles. The minimum Gasteiger partial charge on any atom is -0.356 e. The molecule has 0 unspecified atom stereocenters.